The fraction of sp³-hybridized carbons (Fsp3) is 0.817. The standard InChI is InChI=1S/C60H103NO10/c1-7-11-15-16-17-18-19-20-21-22-23-24-25-26-27-31-35-52(70-57(64)39-33-32-34-50(47-67-55(62)37-29-13-9-3)48-68-56(63)38-30-14-10-4)49-69-58(65)46-51-40-41-54(53(51)36-28-12-8-2)71-59(66)60(5)42-44-61(6)45-43-60/h12,17-18,20-21,28,50-54H,7-11,13-16,19,22-27,29-49H2,1-6H3/b18-17-,21-20-,28-12-. The number of rotatable bonds is 42. The lowest BCUT2D eigenvalue weighted by Gasteiger charge is -2.37. The van der Waals surface area contributed by atoms with Crippen molar-refractivity contribution in [1.29, 1.82) is 0 Å². The average molecular weight is 998 g/mol. The Morgan fingerprint density at radius 1 is 0.577 bits per heavy atom. The van der Waals surface area contributed by atoms with Gasteiger partial charge in [-0.2, -0.15) is 0 Å². The Hall–Kier alpha value is -3.47. The zero-order valence-corrected chi connectivity index (χ0v) is 46.0. The molecule has 0 aromatic rings. The Balaban J connectivity index is 1.97. The fourth-order valence-electron chi connectivity index (χ4n) is 9.63. The van der Waals surface area contributed by atoms with Crippen molar-refractivity contribution in [2.45, 2.75) is 252 Å². The van der Waals surface area contributed by atoms with Crippen molar-refractivity contribution >= 4 is 29.8 Å². The van der Waals surface area contributed by atoms with Crippen LogP contribution in [-0.2, 0) is 47.7 Å². The van der Waals surface area contributed by atoms with Crippen LogP contribution in [0.1, 0.15) is 240 Å². The van der Waals surface area contributed by atoms with E-state index in [-0.39, 0.29) is 86.4 Å². The van der Waals surface area contributed by atoms with Crippen LogP contribution in [0.15, 0.2) is 36.5 Å². The normalized spacial score (nSPS) is 18.7. The molecule has 2 fully saturated rings. The number of hydrogen-bond donors (Lipinski definition) is 0. The molecule has 11 nitrogen and oxygen atoms in total. The number of esters is 5. The fourth-order valence-corrected chi connectivity index (χ4v) is 9.63. The maximum atomic E-state index is 13.6. The summed E-state index contributed by atoms with van der Waals surface area (Å²) in [5.74, 6) is -1.31. The second-order valence-electron chi connectivity index (χ2n) is 21.2. The summed E-state index contributed by atoms with van der Waals surface area (Å²) < 4.78 is 29.4. The summed E-state index contributed by atoms with van der Waals surface area (Å²) in [6.45, 7) is 12.7. The third-order valence-corrected chi connectivity index (χ3v) is 14.6. The first-order valence-electron chi connectivity index (χ1n) is 28.9. The summed E-state index contributed by atoms with van der Waals surface area (Å²) in [4.78, 5) is 67.6. The molecule has 71 heavy (non-hydrogen) atoms. The van der Waals surface area contributed by atoms with E-state index in [1.54, 1.807) is 0 Å². The molecule has 0 bridgehead atoms. The second kappa shape index (κ2) is 40.9. The molecule has 0 radical (unpaired) electrons. The van der Waals surface area contributed by atoms with Gasteiger partial charge >= 0.3 is 29.8 Å². The van der Waals surface area contributed by atoms with E-state index >= 15 is 0 Å². The summed E-state index contributed by atoms with van der Waals surface area (Å²) in [6, 6.07) is 0. The van der Waals surface area contributed by atoms with Crippen LogP contribution in [0.4, 0.5) is 0 Å². The highest BCUT2D eigenvalue weighted by Crippen LogP contribution is 2.41. The van der Waals surface area contributed by atoms with Crippen molar-refractivity contribution in [1.82, 2.24) is 4.90 Å². The Bertz CT molecular complexity index is 1490. The molecule has 1 aliphatic carbocycles. The minimum atomic E-state index is -0.542. The monoisotopic (exact) mass is 998 g/mol. The molecular weight excluding hydrogens is 895 g/mol. The molecule has 11 heteroatoms. The maximum absolute atomic E-state index is 13.6. The second-order valence-corrected chi connectivity index (χ2v) is 21.2. The van der Waals surface area contributed by atoms with Gasteiger partial charge in [0.2, 0.25) is 0 Å². The van der Waals surface area contributed by atoms with Crippen molar-refractivity contribution in [2.24, 2.45) is 23.2 Å². The van der Waals surface area contributed by atoms with Crippen LogP contribution in [0, 0.1) is 23.2 Å². The van der Waals surface area contributed by atoms with Gasteiger partial charge in [0.1, 0.15) is 18.8 Å². The van der Waals surface area contributed by atoms with Crippen molar-refractivity contribution in [3.63, 3.8) is 0 Å². The minimum absolute atomic E-state index is 0.0124. The minimum Gasteiger partial charge on any atom is -0.465 e. The smallest absolute Gasteiger partial charge is 0.312 e. The predicted molar refractivity (Wildman–Crippen MR) is 287 cm³/mol. The average Bonchev–Trinajstić information content (AvgIpc) is 3.72. The summed E-state index contributed by atoms with van der Waals surface area (Å²) in [6.07, 6.45) is 40.3. The van der Waals surface area contributed by atoms with Crippen LogP contribution in [0.5, 0.6) is 0 Å². The number of unbranched alkanes of at least 4 members (excludes halogenated alkanes) is 14. The van der Waals surface area contributed by atoms with Gasteiger partial charge in [-0.25, -0.2) is 0 Å². The molecule has 1 saturated carbocycles. The Labute approximate surface area is 432 Å². The molecule has 408 valence electrons. The van der Waals surface area contributed by atoms with Crippen molar-refractivity contribution in [2.75, 3.05) is 40.0 Å². The zero-order chi connectivity index (χ0) is 51.8. The van der Waals surface area contributed by atoms with Crippen molar-refractivity contribution < 1.29 is 47.7 Å². The Kier molecular flexibility index (Phi) is 36.7. The largest absolute Gasteiger partial charge is 0.465 e. The van der Waals surface area contributed by atoms with Gasteiger partial charge in [0, 0.05) is 37.5 Å². The highest BCUT2D eigenvalue weighted by molar-refractivity contribution is 5.77. The van der Waals surface area contributed by atoms with E-state index in [0.29, 0.717) is 38.5 Å². The Morgan fingerprint density at radius 3 is 1.73 bits per heavy atom. The molecule has 0 aromatic carbocycles. The van der Waals surface area contributed by atoms with Crippen LogP contribution in [-0.4, -0.2) is 86.9 Å². The molecule has 0 aromatic heterocycles. The van der Waals surface area contributed by atoms with E-state index in [1.165, 1.54) is 38.5 Å². The van der Waals surface area contributed by atoms with E-state index in [0.717, 1.165) is 129 Å². The summed E-state index contributed by atoms with van der Waals surface area (Å²) >= 11 is 0. The number of nitrogens with zero attached hydrogens (tertiary/aromatic N) is 1. The van der Waals surface area contributed by atoms with Gasteiger partial charge in [-0.05, 0) is 142 Å². The number of piperidine rings is 1. The quantitative estimate of drug-likeness (QED) is 0.0250. The van der Waals surface area contributed by atoms with Gasteiger partial charge in [0.25, 0.3) is 0 Å². The third kappa shape index (κ3) is 31.0. The van der Waals surface area contributed by atoms with E-state index in [2.05, 4.69) is 76.1 Å². The number of likely N-dealkylation sites (tertiary alicyclic amines) is 1. The van der Waals surface area contributed by atoms with E-state index < -0.39 is 11.5 Å². The molecule has 0 N–H and O–H groups in total. The molecule has 4 unspecified atom stereocenters. The molecule has 0 amide bonds. The molecule has 2 aliphatic rings. The summed E-state index contributed by atoms with van der Waals surface area (Å²) in [7, 11) is 2.09. The van der Waals surface area contributed by atoms with Crippen molar-refractivity contribution in [3.05, 3.63) is 36.5 Å². The van der Waals surface area contributed by atoms with Crippen LogP contribution in [0.3, 0.4) is 0 Å². The highest BCUT2D eigenvalue weighted by Gasteiger charge is 2.43. The van der Waals surface area contributed by atoms with E-state index in [1.807, 2.05) is 6.92 Å². The molecule has 1 aliphatic heterocycles. The lowest BCUT2D eigenvalue weighted by atomic mass is 9.80. The van der Waals surface area contributed by atoms with E-state index in [9.17, 15) is 24.0 Å². The zero-order valence-electron chi connectivity index (χ0n) is 46.0. The summed E-state index contributed by atoms with van der Waals surface area (Å²) in [5, 5.41) is 0. The third-order valence-electron chi connectivity index (χ3n) is 14.6. The topological polar surface area (TPSA) is 135 Å². The van der Waals surface area contributed by atoms with Crippen LogP contribution in [0.2, 0.25) is 0 Å². The SMILES string of the molecule is CC/C=C\CC1C(CC(=O)OCC(CCCCCCCC/C=C\C/C=C\CCCCC)OC(=O)CCCCC(COC(=O)CCCCC)COC(=O)CCCCC)CCC1OC(=O)C1(C)CCN(C)CC1. The lowest BCUT2D eigenvalue weighted by molar-refractivity contribution is -0.166. The van der Waals surface area contributed by atoms with Crippen LogP contribution < -0.4 is 0 Å². The van der Waals surface area contributed by atoms with Gasteiger partial charge in [-0.15, -0.1) is 0 Å². The van der Waals surface area contributed by atoms with Gasteiger partial charge in [0.05, 0.1) is 18.6 Å². The van der Waals surface area contributed by atoms with Crippen LogP contribution in [0.25, 0.3) is 0 Å². The number of allylic oxidation sites excluding steroid dienone is 6. The van der Waals surface area contributed by atoms with Crippen LogP contribution >= 0.6 is 0 Å². The molecule has 1 saturated heterocycles. The maximum Gasteiger partial charge on any atom is 0.312 e. The first-order chi connectivity index (χ1) is 34.4. The molecule has 4 atom stereocenters. The molecule has 1 heterocycles. The summed E-state index contributed by atoms with van der Waals surface area (Å²) in [5.41, 5.74) is -0.488. The van der Waals surface area contributed by atoms with Gasteiger partial charge < -0.3 is 28.6 Å². The van der Waals surface area contributed by atoms with E-state index in [4.69, 9.17) is 23.7 Å². The van der Waals surface area contributed by atoms with Gasteiger partial charge in [-0.1, -0.05) is 135 Å². The Morgan fingerprint density at radius 2 is 1.11 bits per heavy atom. The molecule has 2 rings (SSSR count). The number of carbonyl (C=O) groups excluding carboxylic acids is 5. The number of carbonyl (C=O) groups is 5. The number of hydrogen-bond acceptors (Lipinski definition) is 11. The molecular formula is C60H103NO10. The lowest BCUT2D eigenvalue weighted by Crippen LogP contribution is -2.43. The number of ether oxygens (including phenoxy) is 5. The van der Waals surface area contributed by atoms with Gasteiger partial charge in [0.15, 0.2) is 0 Å². The molecule has 0 spiro atoms. The first-order valence-corrected chi connectivity index (χ1v) is 28.9. The van der Waals surface area contributed by atoms with Gasteiger partial charge in [-0.3, -0.25) is 24.0 Å². The predicted octanol–water partition coefficient (Wildman–Crippen LogP) is 14.5. The highest BCUT2D eigenvalue weighted by atomic mass is 16.6. The van der Waals surface area contributed by atoms with Crippen molar-refractivity contribution in [3.8, 4) is 0 Å². The first kappa shape index (κ1) is 63.6.